The van der Waals surface area contributed by atoms with Crippen LogP contribution in [-0.4, -0.2) is 46.0 Å². The van der Waals surface area contributed by atoms with Gasteiger partial charge in [-0.3, -0.25) is 4.79 Å². The molecule has 0 amide bonds. The maximum atomic E-state index is 11.4. The number of nitrogens with two attached hydrogens (primary N) is 1. The van der Waals surface area contributed by atoms with E-state index in [1.54, 1.807) is 0 Å². The largest absolute Gasteiger partial charge is 0.395 e. The predicted molar refractivity (Wildman–Crippen MR) is 44.8 cm³/mol. The normalized spacial score (nSPS) is 46.5. The Morgan fingerprint density at radius 2 is 2.15 bits per heavy atom. The molecule has 0 saturated heterocycles. The number of carbonyl (C=O) groups is 1. The van der Waals surface area contributed by atoms with E-state index in [4.69, 9.17) is 10.8 Å². The highest BCUT2D eigenvalue weighted by molar-refractivity contribution is 5.90. The van der Waals surface area contributed by atoms with Crippen LogP contribution in [0, 0.1) is 5.41 Å². The van der Waals surface area contributed by atoms with Gasteiger partial charge in [0, 0.05) is 6.04 Å². The summed E-state index contributed by atoms with van der Waals surface area (Å²) in [6.45, 7) is 1.17. The summed E-state index contributed by atoms with van der Waals surface area (Å²) in [7, 11) is 0. The van der Waals surface area contributed by atoms with Gasteiger partial charge in [-0.15, -0.1) is 0 Å². The molecule has 5 N–H and O–H groups in total. The number of aliphatic hydroxyl groups is 3. The second kappa shape index (κ2) is 3.34. The number of Topliss-reactive ketones (excluding diaryl/α,β-unsaturated/α-hetero) is 1. The molecule has 5 heteroatoms. The fourth-order valence-corrected chi connectivity index (χ4v) is 1.63. The van der Waals surface area contributed by atoms with Gasteiger partial charge in [0.15, 0.2) is 5.78 Å². The first-order valence-electron chi connectivity index (χ1n) is 4.19. The van der Waals surface area contributed by atoms with Crippen LogP contribution < -0.4 is 5.73 Å². The molecule has 0 spiro atoms. The van der Waals surface area contributed by atoms with Crippen molar-refractivity contribution in [1.82, 2.24) is 0 Å². The maximum Gasteiger partial charge on any atom is 0.172 e. The summed E-state index contributed by atoms with van der Waals surface area (Å²) in [5, 5.41) is 27.5. The van der Waals surface area contributed by atoms with Crippen LogP contribution in [0.1, 0.15) is 13.3 Å². The Hall–Kier alpha value is -0.490. The van der Waals surface area contributed by atoms with Crippen LogP contribution in [0.3, 0.4) is 0 Å². The SMILES string of the molecule is C[C@]1(CO)C[C@H](N)[C@H](O)[C@@H](O)C1=O. The standard InChI is InChI=1S/C8H15NO4/c1-8(3-10)2-4(9)5(11)6(12)7(8)13/h4-6,10-12H,2-3,9H2,1H3/t4-,5-,6+,8+/m0/s1. The second-order valence-corrected chi connectivity index (χ2v) is 3.89. The Morgan fingerprint density at radius 1 is 1.62 bits per heavy atom. The highest BCUT2D eigenvalue weighted by Gasteiger charge is 2.47. The van der Waals surface area contributed by atoms with E-state index in [2.05, 4.69) is 0 Å². The third-order valence-electron chi connectivity index (χ3n) is 2.66. The van der Waals surface area contributed by atoms with Crippen molar-refractivity contribution >= 4 is 5.78 Å². The molecular formula is C8H15NO4. The zero-order chi connectivity index (χ0) is 10.2. The summed E-state index contributed by atoms with van der Waals surface area (Å²) in [4.78, 5) is 11.4. The molecule has 1 saturated carbocycles. The Kier molecular flexibility index (Phi) is 2.72. The van der Waals surface area contributed by atoms with Crippen LogP contribution in [0.25, 0.3) is 0 Å². The lowest BCUT2D eigenvalue weighted by Gasteiger charge is -2.39. The molecular weight excluding hydrogens is 174 g/mol. The van der Waals surface area contributed by atoms with Gasteiger partial charge in [0.2, 0.25) is 0 Å². The first kappa shape index (κ1) is 10.6. The van der Waals surface area contributed by atoms with Crippen molar-refractivity contribution in [3.63, 3.8) is 0 Å². The highest BCUT2D eigenvalue weighted by Crippen LogP contribution is 2.31. The average molecular weight is 189 g/mol. The van der Waals surface area contributed by atoms with Crippen molar-refractivity contribution in [3.8, 4) is 0 Å². The van der Waals surface area contributed by atoms with E-state index in [1.807, 2.05) is 0 Å². The first-order valence-corrected chi connectivity index (χ1v) is 4.19. The summed E-state index contributed by atoms with van der Waals surface area (Å²) >= 11 is 0. The van der Waals surface area contributed by atoms with Crippen LogP contribution in [0.5, 0.6) is 0 Å². The Labute approximate surface area is 76.2 Å². The van der Waals surface area contributed by atoms with Crippen molar-refractivity contribution in [2.24, 2.45) is 11.1 Å². The van der Waals surface area contributed by atoms with Gasteiger partial charge < -0.3 is 21.1 Å². The summed E-state index contributed by atoms with van der Waals surface area (Å²) in [6.07, 6.45) is -2.49. The van der Waals surface area contributed by atoms with E-state index in [1.165, 1.54) is 6.92 Å². The van der Waals surface area contributed by atoms with Crippen molar-refractivity contribution in [1.29, 1.82) is 0 Å². The molecule has 0 aromatic heterocycles. The smallest absolute Gasteiger partial charge is 0.172 e. The molecule has 5 nitrogen and oxygen atoms in total. The highest BCUT2D eigenvalue weighted by atomic mass is 16.3. The lowest BCUT2D eigenvalue weighted by Crippen LogP contribution is -2.59. The minimum Gasteiger partial charge on any atom is -0.395 e. The first-order chi connectivity index (χ1) is 5.92. The van der Waals surface area contributed by atoms with Crippen LogP contribution in [0.2, 0.25) is 0 Å². The Bertz CT molecular complexity index is 220. The third kappa shape index (κ3) is 1.60. The fourth-order valence-electron chi connectivity index (χ4n) is 1.63. The van der Waals surface area contributed by atoms with Gasteiger partial charge in [-0.25, -0.2) is 0 Å². The maximum absolute atomic E-state index is 11.4. The van der Waals surface area contributed by atoms with Gasteiger partial charge in [0.1, 0.15) is 12.2 Å². The fraction of sp³-hybridized carbons (Fsp3) is 0.875. The van der Waals surface area contributed by atoms with Crippen LogP contribution in [0.15, 0.2) is 0 Å². The van der Waals surface area contributed by atoms with Crippen LogP contribution in [0.4, 0.5) is 0 Å². The topological polar surface area (TPSA) is 104 Å². The van der Waals surface area contributed by atoms with Gasteiger partial charge in [0.25, 0.3) is 0 Å². The third-order valence-corrected chi connectivity index (χ3v) is 2.66. The number of rotatable bonds is 1. The summed E-state index contributed by atoms with van der Waals surface area (Å²) in [5.74, 6) is -0.538. The van der Waals surface area contributed by atoms with Gasteiger partial charge in [-0.1, -0.05) is 6.92 Å². The lowest BCUT2D eigenvalue weighted by molar-refractivity contribution is -0.154. The molecule has 0 unspecified atom stereocenters. The molecule has 1 rings (SSSR count). The minimum absolute atomic E-state index is 0.195. The zero-order valence-electron chi connectivity index (χ0n) is 7.47. The van der Waals surface area contributed by atoms with E-state index < -0.39 is 29.4 Å². The molecule has 1 aliphatic carbocycles. The summed E-state index contributed by atoms with van der Waals surface area (Å²) in [5.41, 5.74) is 4.49. The predicted octanol–water partition coefficient (Wildman–Crippen LogP) is -1.99. The lowest BCUT2D eigenvalue weighted by atomic mass is 9.71. The molecule has 13 heavy (non-hydrogen) atoms. The molecule has 1 fully saturated rings. The van der Waals surface area contributed by atoms with Crippen molar-refractivity contribution in [2.75, 3.05) is 6.61 Å². The van der Waals surface area contributed by atoms with Crippen LogP contribution >= 0.6 is 0 Å². The molecule has 1 aliphatic rings. The number of ketones is 1. The van der Waals surface area contributed by atoms with Gasteiger partial charge in [-0.2, -0.15) is 0 Å². The number of carbonyl (C=O) groups excluding carboxylic acids is 1. The van der Waals surface area contributed by atoms with E-state index in [9.17, 15) is 15.0 Å². The number of hydrogen-bond acceptors (Lipinski definition) is 5. The average Bonchev–Trinajstić information content (AvgIpc) is 2.12. The van der Waals surface area contributed by atoms with Gasteiger partial charge in [0.05, 0.1) is 12.0 Å². The Balaban J connectivity index is 2.88. The van der Waals surface area contributed by atoms with Crippen LogP contribution in [-0.2, 0) is 4.79 Å². The quantitative estimate of drug-likeness (QED) is 0.382. The molecule has 4 atom stereocenters. The minimum atomic E-state index is -1.47. The summed E-state index contributed by atoms with van der Waals surface area (Å²) < 4.78 is 0. The number of aliphatic hydroxyl groups excluding tert-OH is 3. The molecule has 0 aromatic rings. The van der Waals surface area contributed by atoms with Gasteiger partial charge >= 0.3 is 0 Å². The molecule has 0 heterocycles. The monoisotopic (exact) mass is 189 g/mol. The van der Waals surface area contributed by atoms with Crippen molar-refractivity contribution in [3.05, 3.63) is 0 Å². The Morgan fingerprint density at radius 3 is 2.62 bits per heavy atom. The van der Waals surface area contributed by atoms with E-state index in [0.717, 1.165) is 0 Å². The molecule has 0 aromatic carbocycles. The molecule has 76 valence electrons. The molecule has 0 radical (unpaired) electrons. The molecule has 0 bridgehead atoms. The van der Waals surface area contributed by atoms with Crippen molar-refractivity contribution in [2.45, 2.75) is 31.6 Å². The van der Waals surface area contributed by atoms with E-state index in [0.29, 0.717) is 0 Å². The van der Waals surface area contributed by atoms with Gasteiger partial charge in [-0.05, 0) is 6.42 Å². The zero-order valence-corrected chi connectivity index (χ0v) is 7.47. The molecule has 0 aliphatic heterocycles. The number of hydrogen-bond donors (Lipinski definition) is 4. The van der Waals surface area contributed by atoms with E-state index in [-0.39, 0.29) is 13.0 Å². The van der Waals surface area contributed by atoms with E-state index >= 15 is 0 Å². The second-order valence-electron chi connectivity index (χ2n) is 3.89. The summed E-state index contributed by atoms with van der Waals surface area (Å²) in [6, 6.07) is -0.662. The van der Waals surface area contributed by atoms with Crippen molar-refractivity contribution < 1.29 is 20.1 Å².